The predicted octanol–water partition coefficient (Wildman–Crippen LogP) is 0.896. The van der Waals surface area contributed by atoms with Gasteiger partial charge in [-0.2, -0.15) is 8.78 Å². The highest BCUT2D eigenvalue weighted by Crippen LogP contribution is 2.18. The summed E-state index contributed by atoms with van der Waals surface area (Å²) in [6, 6.07) is 6.88. The van der Waals surface area contributed by atoms with Crippen molar-refractivity contribution >= 4 is 12.2 Å². The topological polar surface area (TPSA) is 0 Å². The van der Waals surface area contributed by atoms with Gasteiger partial charge in [0, 0.05) is 0 Å². The van der Waals surface area contributed by atoms with Gasteiger partial charge in [-0.25, -0.2) is 0 Å². The summed E-state index contributed by atoms with van der Waals surface area (Å²) in [5.74, 6) is -2.75. The molecule has 0 radical (unpaired) electrons. The number of hydrogen-bond donors (Lipinski definition) is 0. The van der Waals surface area contributed by atoms with E-state index in [9.17, 15) is 8.78 Å². The van der Waals surface area contributed by atoms with Gasteiger partial charge in [-0.1, -0.05) is 24.3 Å². The first-order valence-corrected chi connectivity index (χ1v) is 3.36. The molecule has 1 aromatic rings. The second-order valence-electron chi connectivity index (χ2n) is 2.59. The lowest BCUT2D eigenvalue weighted by molar-refractivity contribution is 0.150. The molecule has 0 N–H and O–H groups in total. The number of rotatable bonds is 0. The SMILES string of the molecule is FC1(F)C=c2ccccc2=C1. The van der Waals surface area contributed by atoms with E-state index in [1.807, 2.05) is 0 Å². The summed E-state index contributed by atoms with van der Waals surface area (Å²) in [5.41, 5.74) is 0. The molecule has 2 heteroatoms. The van der Waals surface area contributed by atoms with Gasteiger partial charge in [-0.15, -0.1) is 0 Å². The van der Waals surface area contributed by atoms with Gasteiger partial charge in [0.05, 0.1) is 0 Å². The van der Waals surface area contributed by atoms with Crippen molar-refractivity contribution in [2.24, 2.45) is 0 Å². The molecule has 2 rings (SSSR count). The third kappa shape index (κ3) is 1.04. The number of hydrogen-bond acceptors (Lipinski definition) is 0. The van der Waals surface area contributed by atoms with Crippen LogP contribution in [0.25, 0.3) is 12.2 Å². The van der Waals surface area contributed by atoms with Crippen LogP contribution in [0.3, 0.4) is 0 Å². The molecule has 1 aliphatic carbocycles. The fourth-order valence-corrected chi connectivity index (χ4v) is 1.23. The molecule has 0 bridgehead atoms. The first kappa shape index (κ1) is 6.53. The maximum Gasteiger partial charge on any atom is 0.286 e. The molecule has 0 fully saturated rings. The summed E-state index contributed by atoms with van der Waals surface area (Å²) in [7, 11) is 0. The molecular weight excluding hydrogens is 146 g/mol. The van der Waals surface area contributed by atoms with Crippen LogP contribution < -0.4 is 10.4 Å². The van der Waals surface area contributed by atoms with Gasteiger partial charge in [-0.3, -0.25) is 0 Å². The van der Waals surface area contributed by atoms with Crippen molar-refractivity contribution in [3.05, 3.63) is 34.7 Å². The van der Waals surface area contributed by atoms with E-state index < -0.39 is 5.92 Å². The molecule has 0 saturated carbocycles. The Morgan fingerprint density at radius 3 is 1.82 bits per heavy atom. The Bertz CT molecular complexity index is 353. The van der Waals surface area contributed by atoms with Crippen LogP contribution >= 0.6 is 0 Å². The van der Waals surface area contributed by atoms with E-state index in [4.69, 9.17) is 0 Å². The Kier molecular flexibility index (Phi) is 1.13. The quantitative estimate of drug-likeness (QED) is 0.518. The highest BCUT2D eigenvalue weighted by atomic mass is 19.3. The lowest BCUT2D eigenvalue weighted by Crippen LogP contribution is -2.19. The van der Waals surface area contributed by atoms with Gasteiger partial charge in [0.2, 0.25) is 0 Å². The Hall–Kier alpha value is -1.18. The third-order valence-electron chi connectivity index (χ3n) is 1.69. The van der Waals surface area contributed by atoms with E-state index in [0.717, 1.165) is 12.2 Å². The largest absolute Gasteiger partial charge is 0.286 e. The maximum atomic E-state index is 12.6. The van der Waals surface area contributed by atoms with Crippen LogP contribution in [0.15, 0.2) is 24.3 Å². The smallest absolute Gasteiger partial charge is 0.197 e. The summed E-state index contributed by atoms with van der Waals surface area (Å²) in [4.78, 5) is 0. The molecule has 56 valence electrons. The van der Waals surface area contributed by atoms with Crippen molar-refractivity contribution in [1.82, 2.24) is 0 Å². The normalized spacial score (nSPS) is 18.4. The minimum atomic E-state index is -2.75. The van der Waals surface area contributed by atoms with E-state index >= 15 is 0 Å². The second-order valence-corrected chi connectivity index (χ2v) is 2.59. The fraction of sp³-hybridized carbons (Fsp3) is 0.111. The summed E-state index contributed by atoms with van der Waals surface area (Å²) in [6.07, 6.45) is 1.95. The van der Waals surface area contributed by atoms with Crippen LogP contribution in [0.1, 0.15) is 0 Å². The molecule has 1 aromatic carbocycles. The Morgan fingerprint density at radius 2 is 1.36 bits per heavy atom. The number of halogens is 2. The standard InChI is InChI=1S/C9H6F2/c10-9(11)5-7-3-1-2-4-8(7)6-9/h1-6H. The molecule has 0 spiro atoms. The fourth-order valence-electron chi connectivity index (χ4n) is 1.23. The Balaban J connectivity index is 2.81. The first-order chi connectivity index (χ1) is 5.17. The average Bonchev–Trinajstić information content (AvgIpc) is 2.21. The molecule has 0 amide bonds. The molecular formula is C9H6F2. The Labute approximate surface area is 62.5 Å². The molecule has 0 atom stereocenters. The summed E-state index contributed by atoms with van der Waals surface area (Å²) in [6.45, 7) is 0. The Morgan fingerprint density at radius 1 is 0.909 bits per heavy atom. The molecule has 0 unspecified atom stereocenters. The second kappa shape index (κ2) is 1.91. The molecule has 0 heterocycles. The molecule has 0 nitrogen and oxygen atoms in total. The number of benzene rings is 1. The minimum Gasteiger partial charge on any atom is -0.197 e. The zero-order valence-electron chi connectivity index (χ0n) is 5.72. The molecule has 11 heavy (non-hydrogen) atoms. The summed E-state index contributed by atoms with van der Waals surface area (Å²) < 4.78 is 25.3. The first-order valence-electron chi connectivity index (χ1n) is 3.36. The van der Waals surface area contributed by atoms with Crippen LogP contribution in [0, 0.1) is 0 Å². The average molecular weight is 152 g/mol. The van der Waals surface area contributed by atoms with Crippen molar-refractivity contribution in [2.45, 2.75) is 5.92 Å². The highest BCUT2D eigenvalue weighted by Gasteiger charge is 2.24. The van der Waals surface area contributed by atoms with Gasteiger partial charge in [-0.05, 0) is 22.6 Å². The van der Waals surface area contributed by atoms with Crippen molar-refractivity contribution < 1.29 is 8.78 Å². The zero-order chi connectivity index (χ0) is 7.90. The maximum absolute atomic E-state index is 12.6. The van der Waals surface area contributed by atoms with Crippen molar-refractivity contribution in [3.8, 4) is 0 Å². The van der Waals surface area contributed by atoms with Crippen LogP contribution in [0.4, 0.5) is 8.78 Å². The van der Waals surface area contributed by atoms with Gasteiger partial charge in [0.15, 0.2) is 0 Å². The third-order valence-corrected chi connectivity index (χ3v) is 1.69. The van der Waals surface area contributed by atoms with E-state index in [0.29, 0.717) is 10.4 Å². The summed E-state index contributed by atoms with van der Waals surface area (Å²) >= 11 is 0. The van der Waals surface area contributed by atoms with Crippen LogP contribution in [0.5, 0.6) is 0 Å². The minimum absolute atomic E-state index is 0.623. The monoisotopic (exact) mass is 152 g/mol. The van der Waals surface area contributed by atoms with Gasteiger partial charge in [0.1, 0.15) is 0 Å². The van der Waals surface area contributed by atoms with Crippen LogP contribution in [-0.4, -0.2) is 5.92 Å². The predicted molar refractivity (Wildman–Crippen MR) is 39.6 cm³/mol. The van der Waals surface area contributed by atoms with Crippen molar-refractivity contribution in [2.75, 3.05) is 0 Å². The zero-order valence-corrected chi connectivity index (χ0v) is 5.72. The van der Waals surface area contributed by atoms with Gasteiger partial charge in [0.25, 0.3) is 5.92 Å². The molecule has 0 saturated heterocycles. The van der Waals surface area contributed by atoms with Crippen molar-refractivity contribution in [3.63, 3.8) is 0 Å². The molecule has 0 aliphatic heterocycles. The van der Waals surface area contributed by atoms with Crippen molar-refractivity contribution in [1.29, 1.82) is 0 Å². The summed E-state index contributed by atoms with van der Waals surface area (Å²) in [5, 5.41) is 1.25. The lowest BCUT2D eigenvalue weighted by Gasteiger charge is -1.97. The lowest BCUT2D eigenvalue weighted by atomic mass is 10.3. The molecule has 1 aliphatic rings. The number of fused-ring (bicyclic) bond motifs is 1. The van der Waals surface area contributed by atoms with E-state index in [-0.39, 0.29) is 0 Å². The van der Waals surface area contributed by atoms with Crippen LogP contribution in [0.2, 0.25) is 0 Å². The van der Waals surface area contributed by atoms with Gasteiger partial charge < -0.3 is 0 Å². The van der Waals surface area contributed by atoms with Crippen LogP contribution in [-0.2, 0) is 0 Å². The van der Waals surface area contributed by atoms with Gasteiger partial charge >= 0.3 is 0 Å². The number of alkyl halides is 2. The van der Waals surface area contributed by atoms with E-state index in [1.165, 1.54) is 0 Å². The van der Waals surface area contributed by atoms with E-state index in [1.54, 1.807) is 24.3 Å². The highest BCUT2D eigenvalue weighted by molar-refractivity contribution is 5.56. The molecule has 0 aromatic heterocycles. The van der Waals surface area contributed by atoms with E-state index in [2.05, 4.69) is 0 Å².